The number of fused-ring (bicyclic) bond motifs is 1. The van der Waals surface area contributed by atoms with Crippen LogP contribution in [0.15, 0.2) is 54.6 Å². The van der Waals surface area contributed by atoms with Crippen LogP contribution < -0.4 is 5.32 Å². The van der Waals surface area contributed by atoms with Crippen molar-refractivity contribution in [3.63, 3.8) is 0 Å². The SMILES string of the molecule is N#Cc1cc(NCC(O)c2ccc(F)cc2)c2ccccc2n1. The van der Waals surface area contributed by atoms with E-state index >= 15 is 0 Å². The predicted octanol–water partition coefficient (Wildman–Crippen LogP) is 3.39. The third-order valence-electron chi connectivity index (χ3n) is 3.57. The number of rotatable bonds is 4. The van der Waals surface area contributed by atoms with Crippen LogP contribution in [0.25, 0.3) is 10.9 Å². The summed E-state index contributed by atoms with van der Waals surface area (Å²) in [6.45, 7) is 0.241. The Balaban J connectivity index is 1.84. The second-order valence-corrected chi connectivity index (χ2v) is 5.13. The van der Waals surface area contributed by atoms with Gasteiger partial charge in [0.05, 0.1) is 11.6 Å². The van der Waals surface area contributed by atoms with Gasteiger partial charge in [0.2, 0.25) is 0 Å². The highest BCUT2D eigenvalue weighted by molar-refractivity contribution is 5.91. The van der Waals surface area contributed by atoms with Crippen molar-refractivity contribution in [1.82, 2.24) is 4.98 Å². The zero-order valence-corrected chi connectivity index (χ0v) is 12.2. The number of nitrogens with one attached hydrogen (secondary N) is 1. The minimum absolute atomic E-state index is 0.241. The van der Waals surface area contributed by atoms with E-state index in [1.807, 2.05) is 30.3 Å². The summed E-state index contributed by atoms with van der Waals surface area (Å²) in [6.07, 6.45) is -0.784. The lowest BCUT2D eigenvalue weighted by atomic mass is 10.1. The molecule has 3 aromatic rings. The summed E-state index contributed by atoms with van der Waals surface area (Å²) < 4.78 is 12.9. The van der Waals surface area contributed by atoms with Gasteiger partial charge in [-0.3, -0.25) is 0 Å². The van der Waals surface area contributed by atoms with Gasteiger partial charge in [-0.25, -0.2) is 9.37 Å². The molecular weight excluding hydrogens is 293 g/mol. The van der Waals surface area contributed by atoms with Crippen LogP contribution in [0.1, 0.15) is 17.4 Å². The Bertz CT molecular complexity index is 872. The maximum Gasteiger partial charge on any atom is 0.143 e. The largest absolute Gasteiger partial charge is 0.387 e. The van der Waals surface area contributed by atoms with Gasteiger partial charge in [-0.2, -0.15) is 5.26 Å². The molecule has 0 saturated carbocycles. The van der Waals surface area contributed by atoms with Crippen molar-refractivity contribution in [2.24, 2.45) is 0 Å². The van der Waals surface area contributed by atoms with Crippen LogP contribution in [0.2, 0.25) is 0 Å². The fraction of sp³-hybridized carbons (Fsp3) is 0.111. The van der Waals surface area contributed by atoms with Gasteiger partial charge in [-0.15, -0.1) is 0 Å². The lowest BCUT2D eigenvalue weighted by molar-refractivity contribution is 0.191. The van der Waals surface area contributed by atoms with Gasteiger partial charge in [0.15, 0.2) is 0 Å². The van der Waals surface area contributed by atoms with Crippen molar-refractivity contribution in [2.45, 2.75) is 6.10 Å². The van der Waals surface area contributed by atoms with Crippen molar-refractivity contribution in [3.8, 4) is 6.07 Å². The minimum Gasteiger partial charge on any atom is -0.387 e. The highest BCUT2D eigenvalue weighted by Crippen LogP contribution is 2.24. The lowest BCUT2D eigenvalue weighted by Gasteiger charge is -2.15. The fourth-order valence-electron chi connectivity index (χ4n) is 2.39. The molecule has 0 saturated heterocycles. The number of pyridine rings is 1. The monoisotopic (exact) mass is 307 g/mol. The summed E-state index contributed by atoms with van der Waals surface area (Å²) in [5.74, 6) is -0.340. The first-order valence-electron chi connectivity index (χ1n) is 7.14. The van der Waals surface area contributed by atoms with Gasteiger partial charge in [0, 0.05) is 17.6 Å². The molecule has 0 aliphatic rings. The Labute approximate surface area is 132 Å². The Morgan fingerprint density at radius 1 is 1.17 bits per heavy atom. The number of aromatic nitrogens is 1. The van der Waals surface area contributed by atoms with Crippen molar-refractivity contribution >= 4 is 16.6 Å². The average molecular weight is 307 g/mol. The van der Waals surface area contributed by atoms with E-state index in [4.69, 9.17) is 5.26 Å². The van der Waals surface area contributed by atoms with E-state index in [1.165, 1.54) is 12.1 Å². The minimum atomic E-state index is -0.784. The van der Waals surface area contributed by atoms with Gasteiger partial charge in [-0.05, 0) is 29.8 Å². The first kappa shape index (κ1) is 14.9. The number of nitrogens with zero attached hydrogens (tertiary/aromatic N) is 2. The molecule has 0 amide bonds. The van der Waals surface area contributed by atoms with E-state index in [2.05, 4.69) is 10.3 Å². The zero-order valence-electron chi connectivity index (χ0n) is 12.2. The van der Waals surface area contributed by atoms with Crippen LogP contribution in [-0.4, -0.2) is 16.6 Å². The number of aliphatic hydroxyl groups excluding tert-OH is 1. The van der Waals surface area contributed by atoms with E-state index < -0.39 is 6.10 Å². The standard InChI is InChI=1S/C18H14FN3O/c19-13-7-5-12(6-8-13)18(23)11-21-17-9-14(10-20)22-16-4-2-1-3-15(16)17/h1-9,18,23H,11H2,(H,21,22). The molecule has 0 radical (unpaired) electrons. The van der Waals surface area contributed by atoms with Crippen LogP contribution in [0.3, 0.4) is 0 Å². The second-order valence-electron chi connectivity index (χ2n) is 5.13. The Hall–Kier alpha value is -2.97. The summed E-state index contributed by atoms with van der Waals surface area (Å²) in [7, 11) is 0. The van der Waals surface area contributed by atoms with Gasteiger partial charge in [0.25, 0.3) is 0 Å². The average Bonchev–Trinajstić information content (AvgIpc) is 2.59. The van der Waals surface area contributed by atoms with Gasteiger partial charge < -0.3 is 10.4 Å². The number of hydrogen-bond acceptors (Lipinski definition) is 4. The van der Waals surface area contributed by atoms with Gasteiger partial charge in [0.1, 0.15) is 17.6 Å². The summed E-state index contributed by atoms with van der Waals surface area (Å²) in [6, 6.07) is 16.9. The molecule has 1 atom stereocenters. The van der Waals surface area contributed by atoms with Crippen LogP contribution in [0.4, 0.5) is 10.1 Å². The molecule has 3 rings (SSSR count). The fourth-order valence-corrected chi connectivity index (χ4v) is 2.39. The number of aliphatic hydroxyl groups is 1. The lowest BCUT2D eigenvalue weighted by Crippen LogP contribution is -2.12. The molecule has 2 aromatic carbocycles. The predicted molar refractivity (Wildman–Crippen MR) is 86.3 cm³/mol. The number of anilines is 1. The smallest absolute Gasteiger partial charge is 0.143 e. The summed E-state index contributed by atoms with van der Waals surface area (Å²) >= 11 is 0. The van der Waals surface area contributed by atoms with Crippen molar-refractivity contribution < 1.29 is 9.50 Å². The van der Waals surface area contributed by atoms with Crippen LogP contribution >= 0.6 is 0 Å². The summed E-state index contributed by atoms with van der Waals surface area (Å²) in [5, 5.41) is 23.3. The molecule has 0 aliphatic carbocycles. The Morgan fingerprint density at radius 2 is 1.91 bits per heavy atom. The van der Waals surface area contributed by atoms with E-state index in [1.54, 1.807) is 18.2 Å². The quantitative estimate of drug-likeness (QED) is 0.775. The molecule has 0 fully saturated rings. The molecule has 2 N–H and O–H groups in total. The van der Waals surface area contributed by atoms with E-state index in [0.29, 0.717) is 16.8 Å². The van der Waals surface area contributed by atoms with Gasteiger partial charge >= 0.3 is 0 Å². The summed E-state index contributed by atoms with van der Waals surface area (Å²) in [5.41, 5.74) is 2.37. The number of halogens is 1. The normalized spacial score (nSPS) is 11.9. The van der Waals surface area contributed by atoms with Crippen LogP contribution in [0, 0.1) is 17.1 Å². The number of benzene rings is 2. The molecule has 114 valence electrons. The molecular formula is C18H14FN3O. The second kappa shape index (κ2) is 6.42. The van der Waals surface area contributed by atoms with Crippen LogP contribution in [0.5, 0.6) is 0 Å². The molecule has 0 bridgehead atoms. The maximum absolute atomic E-state index is 12.9. The molecule has 1 aromatic heterocycles. The first-order valence-corrected chi connectivity index (χ1v) is 7.14. The molecule has 1 heterocycles. The molecule has 0 spiro atoms. The number of nitriles is 1. The first-order chi connectivity index (χ1) is 11.2. The molecule has 0 aliphatic heterocycles. The van der Waals surface area contributed by atoms with E-state index in [9.17, 15) is 9.50 Å². The molecule has 1 unspecified atom stereocenters. The Morgan fingerprint density at radius 3 is 2.65 bits per heavy atom. The Kier molecular flexibility index (Phi) is 4.18. The van der Waals surface area contributed by atoms with Crippen LogP contribution in [-0.2, 0) is 0 Å². The number of hydrogen-bond donors (Lipinski definition) is 2. The highest BCUT2D eigenvalue weighted by Gasteiger charge is 2.10. The van der Waals surface area contributed by atoms with Crippen molar-refractivity contribution in [1.29, 1.82) is 5.26 Å². The van der Waals surface area contributed by atoms with Crippen molar-refractivity contribution in [2.75, 3.05) is 11.9 Å². The van der Waals surface area contributed by atoms with E-state index in [-0.39, 0.29) is 12.4 Å². The third-order valence-corrected chi connectivity index (χ3v) is 3.57. The van der Waals surface area contributed by atoms with E-state index in [0.717, 1.165) is 11.1 Å². The topological polar surface area (TPSA) is 68.9 Å². The maximum atomic E-state index is 12.9. The van der Waals surface area contributed by atoms with Gasteiger partial charge in [-0.1, -0.05) is 30.3 Å². The molecule has 4 nitrogen and oxygen atoms in total. The molecule has 23 heavy (non-hydrogen) atoms. The highest BCUT2D eigenvalue weighted by atomic mass is 19.1. The third kappa shape index (κ3) is 3.28. The summed E-state index contributed by atoms with van der Waals surface area (Å²) in [4.78, 5) is 4.24. The number of para-hydroxylation sites is 1. The van der Waals surface area contributed by atoms with Crippen molar-refractivity contribution in [3.05, 3.63) is 71.7 Å². The zero-order chi connectivity index (χ0) is 16.2. The molecule has 5 heteroatoms.